The molecule has 2 rings (SSSR count). The first-order valence-electron chi connectivity index (χ1n) is 5.99. The summed E-state index contributed by atoms with van der Waals surface area (Å²) in [5.41, 5.74) is 6.86. The van der Waals surface area contributed by atoms with Crippen molar-refractivity contribution in [2.75, 3.05) is 5.73 Å². The van der Waals surface area contributed by atoms with E-state index in [-0.39, 0.29) is 5.41 Å². The van der Waals surface area contributed by atoms with Gasteiger partial charge in [0.05, 0.1) is 9.26 Å². The van der Waals surface area contributed by atoms with Crippen molar-refractivity contribution in [2.45, 2.75) is 26.2 Å². The van der Waals surface area contributed by atoms with Crippen LogP contribution in [0.4, 0.5) is 14.6 Å². The van der Waals surface area contributed by atoms with E-state index in [1.54, 1.807) is 0 Å². The fourth-order valence-electron chi connectivity index (χ4n) is 1.73. The first kappa shape index (κ1) is 15.1. The molecule has 2 aromatic rings. The summed E-state index contributed by atoms with van der Waals surface area (Å²) in [6.07, 6.45) is 0. The predicted molar refractivity (Wildman–Crippen MR) is 83.2 cm³/mol. The standard InChI is InChI=1S/C14H14F2IN3/c1-14(2,3)11-10(17)12(18)20-13(19-11)7-4-5-8(15)9(16)6-7/h4-6H,1-3H3,(H2,18,19,20). The highest BCUT2D eigenvalue weighted by atomic mass is 127. The number of rotatable bonds is 1. The predicted octanol–water partition coefficient (Wildman–Crippen LogP) is 3.91. The third kappa shape index (κ3) is 2.89. The Balaban J connectivity index is 2.63. The van der Waals surface area contributed by atoms with Crippen molar-refractivity contribution in [3.8, 4) is 11.4 Å². The van der Waals surface area contributed by atoms with E-state index in [0.717, 1.165) is 21.4 Å². The van der Waals surface area contributed by atoms with Crippen LogP contribution in [0.25, 0.3) is 11.4 Å². The molecule has 0 radical (unpaired) electrons. The Morgan fingerprint density at radius 3 is 2.30 bits per heavy atom. The van der Waals surface area contributed by atoms with E-state index in [1.807, 2.05) is 20.8 Å². The number of aromatic nitrogens is 2. The lowest BCUT2D eigenvalue weighted by atomic mass is 9.92. The van der Waals surface area contributed by atoms with Crippen LogP contribution in [-0.2, 0) is 5.41 Å². The van der Waals surface area contributed by atoms with E-state index in [1.165, 1.54) is 6.07 Å². The van der Waals surface area contributed by atoms with Gasteiger partial charge in [-0.2, -0.15) is 0 Å². The normalized spacial score (nSPS) is 11.7. The first-order chi connectivity index (χ1) is 9.20. The van der Waals surface area contributed by atoms with Gasteiger partial charge >= 0.3 is 0 Å². The van der Waals surface area contributed by atoms with Crippen molar-refractivity contribution < 1.29 is 8.78 Å². The van der Waals surface area contributed by atoms with Crippen LogP contribution in [0.3, 0.4) is 0 Å². The van der Waals surface area contributed by atoms with Crippen LogP contribution in [-0.4, -0.2) is 9.97 Å². The first-order valence-corrected chi connectivity index (χ1v) is 7.07. The van der Waals surface area contributed by atoms with Crippen LogP contribution in [0.15, 0.2) is 18.2 Å². The molecule has 1 aromatic heterocycles. The van der Waals surface area contributed by atoms with Crippen LogP contribution in [0.1, 0.15) is 26.5 Å². The van der Waals surface area contributed by atoms with Gasteiger partial charge in [0.1, 0.15) is 5.82 Å². The SMILES string of the molecule is CC(C)(C)c1nc(-c2ccc(F)c(F)c2)nc(N)c1I. The maximum Gasteiger partial charge on any atom is 0.161 e. The third-order valence-corrected chi connectivity index (χ3v) is 3.83. The van der Waals surface area contributed by atoms with Crippen LogP contribution < -0.4 is 5.73 Å². The summed E-state index contributed by atoms with van der Waals surface area (Å²) in [6, 6.07) is 3.56. The van der Waals surface area contributed by atoms with Gasteiger partial charge in [0.2, 0.25) is 0 Å². The number of nitrogens with two attached hydrogens (primary N) is 1. The van der Waals surface area contributed by atoms with Crippen molar-refractivity contribution in [3.63, 3.8) is 0 Å². The highest BCUT2D eigenvalue weighted by Crippen LogP contribution is 2.30. The van der Waals surface area contributed by atoms with Gasteiger partial charge in [-0.1, -0.05) is 20.8 Å². The van der Waals surface area contributed by atoms with Crippen LogP contribution in [0.2, 0.25) is 0 Å². The third-order valence-electron chi connectivity index (χ3n) is 2.77. The Morgan fingerprint density at radius 2 is 1.75 bits per heavy atom. The molecule has 0 amide bonds. The summed E-state index contributed by atoms with van der Waals surface area (Å²) in [5, 5.41) is 0. The molecule has 0 saturated carbocycles. The van der Waals surface area contributed by atoms with Crippen molar-refractivity contribution in [1.29, 1.82) is 0 Å². The largest absolute Gasteiger partial charge is 0.383 e. The lowest BCUT2D eigenvalue weighted by molar-refractivity contribution is 0.509. The maximum atomic E-state index is 13.3. The van der Waals surface area contributed by atoms with Crippen molar-refractivity contribution >= 4 is 28.4 Å². The summed E-state index contributed by atoms with van der Waals surface area (Å²) in [6.45, 7) is 6.02. The lowest BCUT2D eigenvalue weighted by Crippen LogP contribution is -2.18. The molecule has 0 aliphatic heterocycles. The van der Waals surface area contributed by atoms with Crippen molar-refractivity contribution in [1.82, 2.24) is 9.97 Å². The van der Waals surface area contributed by atoms with Gasteiger partial charge in [-0.3, -0.25) is 0 Å². The average Bonchev–Trinajstić information content (AvgIpc) is 2.34. The molecule has 0 atom stereocenters. The number of benzene rings is 1. The highest BCUT2D eigenvalue weighted by Gasteiger charge is 2.23. The second-order valence-corrected chi connectivity index (χ2v) is 6.55. The lowest BCUT2D eigenvalue weighted by Gasteiger charge is -2.21. The van der Waals surface area contributed by atoms with Gasteiger partial charge in [-0.05, 0) is 40.8 Å². The smallest absolute Gasteiger partial charge is 0.161 e. The second kappa shape index (κ2) is 5.23. The zero-order valence-electron chi connectivity index (χ0n) is 11.3. The molecule has 0 saturated heterocycles. The minimum atomic E-state index is -0.930. The van der Waals surface area contributed by atoms with E-state index in [0.29, 0.717) is 17.2 Å². The fraction of sp³-hybridized carbons (Fsp3) is 0.286. The Labute approximate surface area is 129 Å². The molecule has 2 N–H and O–H groups in total. The quantitative estimate of drug-likeness (QED) is 0.753. The molecule has 0 fully saturated rings. The molecule has 1 aromatic carbocycles. The van der Waals surface area contributed by atoms with E-state index >= 15 is 0 Å². The molecule has 20 heavy (non-hydrogen) atoms. The average molecular weight is 389 g/mol. The van der Waals surface area contributed by atoms with Crippen LogP contribution in [0, 0.1) is 15.2 Å². The van der Waals surface area contributed by atoms with E-state index in [9.17, 15) is 8.78 Å². The number of nitrogens with zero attached hydrogens (tertiary/aromatic N) is 2. The number of anilines is 1. The van der Waals surface area contributed by atoms with E-state index in [4.69, 9.17) is 5.73 Å². The number of nitrogen functional groups attached to an aromatic ring is 1. The molecular weight excluding hydrogens is 375 g/mol. The van der Waals surface area contributed by atoms with Gasteiger partial charge in [-0.15, -0.1) is 0 Å². The molecule has 6 heteroatoms. The summed E-state index contributed by atoms with van der Waals surface area (Å²) in [4.78, 5) is 8.62. The summed E-state index contributed by atoms with van der Waals surface area (Å²) in [5.74, 6) is -1.19. The molecule has 1 heterocycles. The number of hydrogen-bond donors (Lipinski definition) is 1. The Bertz CT molecular complexity index is 666. The molecule has 3 nitrogen and oxygen atoms in total. The minimum absolute atomic E-state index is 0.221. The summed E-state index contributed by atoms with van der Waals surface area (Å²) in [7, 11) is 0. The summed E-state index contributed by atoms with van der Waals surface area (Å²) < 4.78 is 27.1. The summed E-state index contributed by atoms with van der Waals surface area (Å²) >= 11 is 2.09. The maximum absolute atomic E-state index is 13.3. The topological polar surface area (TPSA) is 51.8 Å². The molecule has 0 unspecified atom stereocenters. The monoisotopic (exact) mass is 389 g/mol. The molecule has 0 bridgehead atoms. The van der Waals surface area contributed by atoms with Gasteiger partial charge in [0, 0.05) is 11.0 Å². The molecule has 0 aliphatic carbocycles. The van der Waals surface area contributed by atoms with Crippen LogP contribution >= 0.6 is 22.6 Å². The molecule has 0 spiro atoms. The molecule has 106 valence electrons. The van der Waals surface area contributed by atoms with Gasteiger partial charge in [-0.25, -0.2) is 18.7 Å². The van der Waals surface area contributed by atoms with E-state index in [2.05, 4.69) is 32.6 Å². The highest BCUT2D eigenvalue weighted by molar-refractivity contribution is 14.1. The minimum Gasteiger partial charge on any atom is -0.383 e. The van der Waals surface area contributed by atoms with Gasteiger partial charge in [0.25, 0.3) is 0 Å². The zero-order valence-corrected chi connectivity index (χ0v) is 13.5. The Morgan fingerprint density at radius 1 is 1.10 bits per heavy atom. The molecular formula is C14H14F2IN3. The zero-order chi connectivity index (χ0) is 15.1. The number of halogens is 3. The molecule has 0 aliphatic rings. The van der Waals surface area contributed by atoms with Crippen LogP contribution in [0.5, 0.6) is 0 Å². The number of hydrogen-bond acceptors (Lipinski definition) is 3. The Kier molecular flexibility index (Phi) is 3.95. The van der Waals surface area contributed by atoms with Gasteiger partial charge in [0.15, 0.2) is 17.5 Å². The van der Waals surface area contributed by atoms with Gasteiger partial charge < -0.3 is 5.73 Å². The van der Waals surface area contributed by atoms with Crippen molar-refractivity contribution in [3.05, 3.63) is 39.1 Å². The van der Waals surface area contributed by atoms with E-state index < -0.39 is 11.6 Å². The second-order valence-electron chi connectivity index (χ2n) is 5.47. The Hall–Kier alpha value is -1.31. The van der Waals surface area contributed by atoms with Crippen molar-refractivity contribution in [2.24, 2.45) is 0 Å². The fourth-order valence-corrected chi connectivity index (χ4v) is 2.78.